The van der Waals surface area contributed by atoms with Gasteiger partial charge >= 0.3 is 0 Å². The van der Waals surface area contributed by atoms with Crippen molar-refractivity contribution in [1.82, 2.24) is 4.90 Å². The largest absolute Gasteiger partial charge is 0.390 e. The molecule has 3 N–H and O–H groups in total. The Balaban J connectivity index is 1.73. The molecule has 0 bridgehead atoms. The van der Waals surface area contributed by atoms with E-state index in [4.69, 9.17) is 5.73 Å². The fourth-order valence-electron chi connectivity index (χ4n) is 3.81. The maximum absolute atomic E-state index is 10.7. The van der Waals surface area contributed by atoms with E-state index in [-0.39, 0.29) is 5.60 Å². The first-order valence-corrected chi connectivity index (χ1v) is 8.31. The second-order valence-corrected chi connectivity index (χ2v) is 7.04. The summed E-state index contributed by atoms with van der Waals surface area (Å²) in [7, 11) is 0. The van der Waals surface area contributed by atoms with Crippen LogP contribution in [0.4, 0.5) is 0 Å². The van der Waals surface area contributed by atoms with Crippen molar-refractivity contribution in [3.8, 4) is 0 Å². The van der Waals surface area contributed by atoms with Gasteiger partial charge in [0.1, 0.15) is 0 Å². The average Bonchev–Trinajstić information content (AvgIpc) is 2.93. The summed E-state index contributed by atoms with van der Waals surface area (Å²) in [5.41, 5.74) is 5.61. The van der Waals surface area contributed by atoms with Crippen LogP contribution >= 0.6 is 11.3 Å². The van der Waals surface area contributed by atoms with E-state index in [0.29, 0.717) is 18.5 Å². The van der Waals surface area contributed by atoms with E-state index in [1.165, 1.54) is 24.1 Å². The molecule has 1 saturated carbocycles. The minimum Gasteiger partial charge on any atom is -0.390 e. The highest BCUT2D eigenvalue weighted by Gasteiger charge is 2.43. The number of rotatable bonds is 3. The van der Waals surface area contributed by atoms with Crippen molar-refractivity contribution < 1.29 is 5.11 Å². The van der Waals surface area contributed by atoms with Gasteiger partial charge in [0.05, 0.1) is 11.6 Å². The second-order valence-electron chi connectivity index (χ2n) is 6.06. The molecule has 106 valence electrons. The molecule has 0 aromatic carbocycles. The maximum Gasteiger partial charge on any atom is 0.0700 e. The van der Waals surface area contributed by atoms with Gasteiger partial charge in [0, 0.05) is 30.4 Å². The van der Waals surface area contributed by atoms with Crippen molar-refractivity contribution in [2.45, 2.75) is 43.7 Å². The van der Waals surface area contributed by atoms with E-state index in [1.807, 2.05) is 0 Å². The lowest BCUT2D eigenvalue weighted by atomic mass is 9.71. The van der Waals surface area contributed by atoms with Crippen LogP contribution in [0.2, 0.25) is 0 Å². The van der Waals surface area contributed by atoms with Crippen molar-refractivity contribution in [3.05, 3.63) is 22.4 Å². The minimum atomic E-state index is -0.386. The third-order valence-electron chi connectivity index (χ3n) is 4.99. The van der Waals surface area contributed by atoms with Crippen LogP contribution in [-0.2, 0) is 0 Å². The van der Waals surface area contributed by atoms with Crippen LogP contribution in [0.3, 0.4) is 0 Å². The number of piperidine rings is 1. The Bertz CT molecular complexity index is 408. The van der Waals surface area contributed by atoms with Crippen LogP contribution in [0.5, 0.6) is 0 Å². The van der Waals surface area contributed by atoms with Crippen molar-refractivity contribution >= 4 is 11.3 Å². The number of likely N-dealkylation sites (tertiary alicyclic amines) is 1. The second kappa shape index (κ2) is 5.52. The quantitative estimate of drug-likeness (QED) is 0.894. The number of fused-ring (bicyclic) bond motifs is 1. The molecule has 1 aromatic rings. The molecule has 0 radical (unpaired) electrons. The van der Waals surface area contributed by atoms with E-state index in [0.717, 1.165) is 25.9 Å². The Hall–Kier alpha value is -0.420. The summed E-state index contributed by atoms with van der Waals surface area (Å²) < 4.78 is 0. The van der Waals surface area contributed by atoms with Gasteiger partial charge < -0.3 is 10.8 Å². The number of thiophene rings is 1. The number of nitrogens with two attached hydrogens (primary N) is 1. The molecule has 3 rings (SSSR count). The Kier molecular flexibility index (Phi) is 3.94. The standard InChI is InChI=1S/C15H24N2OS/c16-10-13(14-5-3-9-19-14)17-8-7-15(18)6-2-1-4-12(15)11-17/h3,5,9,12-13,18H,1-2,4,6-8,10-11,16H2. The minimum absolute atomic E-state index is 0.339. The molecule has 1 aliphatic heterocycles. The highest BCUT2D eigenvalue weighted by Crippen LogP contribution is 2.41. The van der Waals surface area contributed by atoms with E-state index >= 15 is 0 Å². The summed E-state index contributed by atoms with van der Waals surface area (Å²) >= 11 is 1.79. The smallest absolute Gasteiger partial charge is 0.0700 e. The van der Waals surface area contributed by atoms with E-state index in [1.54, 1.807) is 11.3 Å². The van der Waals surface area contributed by atoms with Crippen molar-refractivity contribution in [1.29, 1.82) is 0 Å². The molecule has 2 fully saturated rings. The maximum atomic E-state index is 10.7. The van der Waals surface area contributed by atoms with Gasteiger partial charge in [-0.15, -0.1) is 11.3 Å². The molecule has 0 amide bonds. The molecule has 1 aliphatic carbocycles. The van der Waals surface area contributed by atoms with E-state index < -0.39 is 0 Å². The summed E-state index contributed by atoms with van der Waals surface area (Å²) in [6.45, 7) is 2.66. The number of nitrogens with zero attached hydrogens (tertiary/aromatic N) is 1. The van der Waals surface area contributed by atoms with Crippen LogP contribution in [0.25, 0.3) is 0 Å². The monoisotopic (exact) mass is 280 g/mol. The first-order chi connectivity index (χ1) is 9.23. The summed E-state index contributed by atoms with van der Waals surface area (Å²) in [5.74, 6) is 0.448. The predicted octanol–water partition coefficient (Wildman–Crippen LogP) is 2.37. The van der Waals surface area contributed by atoms with Crippen LogP contribution in [-0.4, -0.2) is 35.2 Å². The fraction of sp³-hybridized carbons (Fsp3) is 0.733. The number of hydrogen-bond donors (Lipinski definition) is 2. The van der Waals surface area contributed by atoms with Gasteiger partial charge in [-0.3, -0.25) is 4.90 Å². The van der Waals surface area contributed by atoms with Gasteiger partial charge in [-0.2, -0.15) is 0 Å². The Morgan fingerprint density at radius 3 is 3.11 bits per heavy atom. The van der Waals surface area contributed by atoms with E-state index in [2.05, 4.69) is 22.4 Å². The third kappa shape index (κ3) is 2.59. The Morgan fingerprint density at radius 2 is 2.37 bits per heavy atom. The zero-order valence-corrected chi connectivity index (χ0v) is 12.2. The molecule has 0 spiro atoms. The molecular formula is C15H24N2OS. The van der Waals surface area contributed by atoms with Gasteiger partial charge in [0.15, 0.2) is 0 Å². The summed E-state index contributed by atoms with van der Waals surface area (Å²) in [4.78, 5) is 3.86. The lowest BCUT2D eigenvalue weighted by Gasteiger charge is -2.49. The Morgan fingerprint density at radius 1 is 1.47 bits per heavy atom. The number of hydrogen-bond acceptors (Lipinski definition) is 4. The highest BCUT2D eigenvalue weighted by molar-refractivity contribution is 7.10. The summed E-state index contributed by atoms with van der Waals surface area (Å²) in [6, 6.07) is 4.62. The summed E-state index contributed by atoms with van der Waals surface area (Å²) in [5, 5.41) is 12.9. The predicted molar refractivity (Wildman–Crippen MR) is 79.2 cm³/mol. The Labute approximate surface area is 119 Å². The molecule has 3 unspecified atom stereocenters. The molecule has 4 heteroatoms. The van der Waals surface area contributed by atoms with Gasteiger partial charge in [0.25, 0.3) is 0 Å². The molecular weight excluding hydrogens is 256 g/mol. The zero-order chi connectivity index (χ0) is 13.3. The fourth-order valence-corrected chi connectivity index (χ4v) is 4.68. The molecule has 2 aliphatic rings. The molecule has 19 heavy (non-hydrogen) atoms. The van der Waals surface area contributed by atoms with Crippen LogP contribution < -0.4 is 5.73 Å². The van der Waals surface area contributed by atoms with Gasteiger partial charge in [-0.1, -0.05) is 18.9 Å². The van der Waals surface area contributed by atoms with Crippen molar-refractivity contribution in [2.24, 2.45) is 11.7 Å². The molecule has 1 saturated heterocycles. The molecule has 3 nitrogen and oxygen atoms in total. The van der Waals surface area contributed by atoms with Crippen molar-refractivity contribution in [3.63, 3.8) is 0 Å². The van der Waals surface area contributed by atoms with Crippen LogP contribution in [0.1, 0.15) is 43.0 Å². The highest BCUT2D eigenvalue weighted by atomic mass is 32.1. The third-order valence-corrected chi connectivity index (χ3v) is 5.97. The van der Waals surface area contributed by atoms with E-state index in [9.17, 15) is 5.11 Å². The average molecular weight is 280 g/mol. The van der Waals surface area contributed by atoms with Gasteiger partial charge in [-0.05, 0) is 30.7 Å². The first kappa shape index (κ1) is 13.6. The summed E-state index contributed by atoms with van der Waals surface area (Å²) in [6.07, 6.45) is 5.55. The SMILES string of the molecule is NCC(c1cccs1)N1CCC2(O)CCCCC2C1. The normalized spacial score (nSPS) is 33.9. The molecule has 2 heterocycles. The lowest BCUT2D eigenvalue weighted by molar-refractivity contribution is -0.102. The van der Waals surface area contributed by atoms with Gasteiger partial charge in [0.2, 0.25) is 0 Å². The first-order valence-electron chi connectivity index (χ1n) is 7.43. The molecule has 1 aromatic heterocycles. The number of aliphatic hydroxyl groups is 1. The lowest BCUT2D eigenvalue weighted by Crippen LogP contribution is -2.54. The van der Waals surface area contributed by atoms with Gasteiger partial charge in [-0.25, -0.2) is 0 Å². The molecule has 3 atom stereocenters. The zero-order valence-electron chi connectivity index (χ0n) is 11.4. The van der Waals surface area contributed by atoms with Crippen molar-refractivity contribution in [2.75, 3.05) is 19.6 Å². The topological polar surface area (TPSA) is 49.5 Å². The van der Waals surface area contributed by atoms with Crippen LogP contribution in [0.15, 0.2) is 17.5 Å². The van der Waals surface area contributed by atoms with Crippen LogP contribution in [0, 0.1) is 5.92 Å².